The lowest BCUT2D eigenvalue weighted by Gasteiger charge is -2.11. The van der Waals surface area contributed by atoms with E-state index in [1.807, 2.05) is 13.0 Å². The predicted octanol–water partition coefficient (Wildman–Crippen LogP) is 0.708. The molecule has 1 aromatic carbocycles. The van der Waals surface area contributed by atoms with E-state index >= 15 is 0 Å². The predicted molar refractivity (Wildman–Crippen MR) is 65.6 cm³/mol. The summed E-state index contributed by atoms with van der Waals surface area (Å²) in [5, 5.41) is 11.5. The van der Waals surface area contributed by atoms with Gasteiger partial charge in [0.1, 0.15) is 12.4 Å². The molecule has 0 aliphatic carbocycles. The third-order valence-corrected chi connectivity index (χ3v) is 2.58. The smallest absolute Gasteiger partial charge is 0.182 e. The SMILES string of the molecule is COCc1nnnn1-c1cc(OC)c(N)cc1C. The summed E-state index contributed by atoms with van der Waals surface area (Å²) in [6.07, 6.45) is 0. The molecule has 0 saturated carbocycles. The van der Waals surface area contributed by atoms with Gasteiger partial charge in [-0.25, -0.2) is 0 Å². The molecule has 0 atom stereocenters. The molecule has 2 aromatic rings. The van der Waals surface area contributed by atoms with Crippen molar-refractivity contribution in [1.29, 1.82) is 0 Å². The summed E-state index contributed by atoms with van der Waals surface area (Å²) in [6, 6.07) is 3.63. The van der Waals surface area contributed by atoms with E-state index in [2.05, 4.69) is 15.5 Å². The van der Waals surface area contributed by atoms with Crippen LogP contribution in [0.4, 0.5) is 5.69 Å². The monoisotopic (exact) mass is 249 g/mol. The van der Waals surface area contributed by atoms with E-state index in [-0.39, 0.29) is 0 Å². The first-order valence-electron chi connectivity index (χ1n) is 5.38. The molecular weight excluding hydrogens is 234 g/mol. The molecule has 0 bridgehead atoms. The number of nitrogens with two attached hydrogens (primary N) is 1. The Morgan fingerprint density at radius 3 is 2.78 bits per heavy atom. The second-order valence-corrected chi connectivity index (χ2v) is 3.82. The van der Waals surface area contributed by atoms with Crippen LogP contribution in [0.3, 0.4) is 0 Å². The van der Waals surface area contributed by atoms with Crippen LogP contribution in [0, 0.1) is 6.92 Å². The van der Waals surface area contributed by atoms with Gasteiger partial charge in [-0.05, 0) is 29.0 Å². The van der Waals surface area contributed by atoms with Crippen LogP contribution in [-0.4, -0.2) is 34.4 Å². The van der Waals surface area contributed by atoms with Gasteiger partial charge in [-0.15, -0.1) is 5.10 Å². The number of rotatable bonds is 4. The molecule has 0 unspecified atom stereocenters. The molecule has 0 saturated heterocycles. The van der Waals surface area contributed by atoms with Gasteiger partial charge >= 0.3 is 0 Å². The number of nitrogens with zero attached hydrogens (tertiary/aromatic N) is 4. The first kappa shape index (κ1) is 12.3. The minimum absolute atomic E-state index is 0.332. The number of nitrogen functional groups attached to an aromatic ring is 1. The largest absolute Gasteiger partial charge is 0.495 e. The van der Waals surface area contributed by atoms with Crippen LogP contribution < -0.4 is 10.5 Å². The maximum atomic E-state index is 5.84. The summed E-state index contributed by atoms with van der Waals surface area (Å²) in [5.74, 6) is 1.21. The summed E-state index contributed by atoms with van der Waals surface area (Å²) in [7, 11) is 3.16. The molecule has 0 aliphatic heterocycles. The zero-order chi connectivity index (χ0) is 13.1. The Morgan fingerprint density at radius 2 is 2.11 bits per heavy atom. The van der Waals surface area contributed by atoms with Gasteiger partial charge < -0.3 is 15.2 Å². The van der Waals surface area contributed by atoms with Crippen molar-refractivity contribution >= 4 is 5.69 Å². The fourth-order valence-corrected chi connectivity index (χ4v) is 1.72. The first-order valence-corrected chi connectivity index (χ1v) is 5.38. The Kier molecular flexibility index (Phi) is 3.42. The topological polar surface area (TPSA) is 88.1 Å². The van der Waals surface area contributed by atoms with Gasteiger partial charge in [0.05, 0.1) is 18.5 Å². The second kappa shape index (κ2) is 5.01. The van der Waals surface area contributed by atoms with Crippen LogP contribution in [0.2, 0.25) is 0 Å². The molecule has 1 heterocycles. The summed E-state index contributed by atoms with van der Waals surface area (Å²) in [6.45, 7) is 2.27. The van der Waals surface area contributed by atoms with Crippen LogP contribution in [0.1, 0.15) is 11.4 Å². The zero-order valence-corrected chi connectivity index (χ0v) is 10.5. The van der Waals surface area contributed by atoms with Gasteiger partial charge in [-0.1, -0.05) is 0 Å². The standard InChI is InChI=1S/C11H15N5O2/c1-7-4-8(12)10(18-3)5-9(7)16-11(6-17-2)13-14-15-16/h4-5H,6,12H2,1-3H3. The van der Waals surface area contributed by atoms with E-state index in [0.29, 0.717) is 23.9 Å². The van der Waals surface area contributed by atoms with E-state index in [1.54, 1.807) is 25.0 Å². The van der Waals surface area contributed by atoms with Gasteiger partial charge in [0.15, 0.2) is 5.82 Å². The molecule has 0 amide bonds. The van der Waals surface area contributed by atoms with Crippen molar-refractivity contribution < 1.29 is 9.47 Å². The third-order valence-electron chi connectivity index (χ3n) is 2.58. The Morgan fingerprint density at radius 1 is 1.33 bits per heavy atom. The summed E-state index contributed by atoms with van der Waals surface area (Å²) < 4.78 is 11.9. The van der Waals surface area contributed by atoms with Crippen molar-refractivity contribution in [2.75, 3.05) is 20.0 Å². The molecule has 96 valence electrons. The minimum atomic E-state index is 0.332. The molecule has 18 heavy (non-hydrogen) atoms. The average Bonchev–Trinajstić information content (AvgIpc) is 2.78. The van der Waals surface area contributed by atoms with Crippen LogP contribution in [0.25, 0.3) is 5.69 Å². The quantitative estimate of drug-likeness (QED) is 0.803. The highest BCUT2D eigenvalue weighted by atomic mass is 16.5. The van der Waals surface area contributed by atoms with Gasteiger partial charge in [-0.3, -0.25) is 0 Å². The van der Waals surface area contributed by atoms with Gasteiger partial charge in [0.25, 0.3) is 0 Å². The van der Waals surface area contributed by atoms with Crippen molar-refractivity contribution in [3.8, 4) is 11.4 Å². The van der Waals surface area contributed by atoms with Crippen molar-refractivity contribution in [2.45, 2.75) is 13.5 Å². The van der Waals surface area contributed by atoms with Crippen LogP contribution in [-0.2, 0) is 11.3 Å². The van der Waals surface area contributed by atoms with E-state index in [9.17, 15) is 0 Å². The van der Waals surface area contributed by atoms with E-state index in [0.717, 1.165) is 11.3 Å². The Hall–Kier alpha value is -2.15. The second-order valence-electron chi connectivity index (χ2n) is 3.82. The summed E-state index contributed by atoms with van der Waals surface area (Å²) >= 11 is 0. The molecule has 7 heteroatoms. The normalized spacial score (nSPS) is 10.6. The molecular formula is C11H15N5O2. The number of hydrogen-bond acceptors (Lipinski definition) is 6. The highest BCUT2D eigenvalue weighted by molar-refractivity contribution is 5.61. The number of aromatic nitrogens is 4. The zero-order valence-electron chi connectivity index (χ0n) is 10.5. The molecule has 0 fully saturated rings. The minimum Gasteiger partial charge on any atom is -0.495 e. The number of aryl methyl sites for hydroxylation is 1. The van der Waals surface area contributed by atoms with Crippen LogP contribution >= 0.6 is 0 Å². The van der Waals surface area contributed by atoms with Gasteiger partial charge in [0.2, 0.25) is 0 Å². The van der Waals surface area contributed by atoms with Gasteiger partial charge in [0, 0.05) is 13.2 Å². The molecule has 0 radical (unpaired) electrons. The van der Waals surface area contributed by atoms with E-state index in [1.165, 1.54) is 0 Å². The number of tetrazole rings is 1. The van der Waals surface area contributed by atoms with Crippen LogP contribution in [0.5, 0.6) is 5.75 Å². The first-order chi connectivity index (χ1) is 8.67. The molecule has 2 rings (SSSR count). The number of ether oxygens (including phenoxy) is 2. The Labute approximate surface area is 104 Å². The highest BCUT2D eigenvalue weighted by Gasteiger charge is 2.13. The molecule has 0 aliphatic rings. The van der Waals surface area contributed by atoms with Crippen molar-refractivity contribution in [1.82, 2.24) is 20.2 Å². The fourth-order valence-electron chi connectivity index (χ4n) is 1.72. The highest BCUT2D eigenvalue weighted by Crippen LogP contribution is 2.27. The maximum absolute atomic E-state index is 5.84. The molecule has 0 spiro atoms. The lowest BCUT2D eigenvalue weighted by atomic mass is 10.1. The summed E-state index contributed by atoms with van der Waals surface area (Å²) in [5.41, 5.74) is 8.20. The summed E-state index contributed by atoms with van der Waals surface area (Å²) in [4.78, 5) is 0. The van der Waals surface area contributed by atoms with Crippen LogP contribution in [0.15, 0.2) is 12.1 Å². The Balaban J connectivity index is 2.52. The fraction of sp³-hybridized carbons (Fsp3) is 0.364. The lowest BCUT2D eigenvalue weighted by Crippen LogP contribution is -2.07. The number of anilines is 1. The maximum Gasteiger partial charge on any atom is 0.182 e. The number of benzene rings is 1. The van der Waals surface area contributed by atoms with E-state index in [4.69, 9.17) is 15.2 Å². The third kappa shape index (κ3) is 2.12. The molecule has 2 N–H and O–H groups in total. The molecule has 7 nitrogen and oxygen atoms in total. The lowest BCUT2D eigenvalue weighted by molar-refractivity contribution is 0.175. The van der Waals surface area contributed by atoms with Gasteiger partial charge in [-0.2, -0.15) is 4.68 Å². The van der Waals surface area contributed by atoms with Crippen molar-refractivity contribution in [2.24, 2.45) is 0 Å². The van der Waals surface area contributed by atoms with Crippen molar-refractivity contribution in [3.63, 3.8) is 0 Å². The van der Waals surface area contributed by atoms with Crippen molar-refractivity contribution in [3.05, 3.63) is 23.5 Å². The molecule has 1 aromatic heterocycles. The Bertz CT molecular complexity index is 552. The number of hydrogen-bond donors (Lipinski definition) is 1. The van der Waals surface area contributed by atoms with E-state index < -0.39 is 0 Å². The number of methoxy groups -OCH3 is 2. The average molecular weight is 249 g/mol.